The van der Waals surface area contributed by atoms with Crippen LogP contribution in [0.3, 0.4) is 0 Å². The lowest BCUT2D eigenvalue weighted by Crippen LogP contribution is -2.41. The maximum atomic E-state index is 12.7. The Bertz CT molecular complexity index is 718. The minimum Gasteiger partial charge on any atom is -0.491 e. The Kier molecular flexibility index (Phi) is 5.76. The molecular formula is C21H26N2O3. The molecule has 26 heavy (non-hydrogen) atoms. The molecule has 0 radical (unpaired) electrons. The van der Waals surface area contributed by atoms with Crippen LogP contribution in [0.1, 0.15) is 42.7 Å². The Labute approximate surface area is 155 Å². The zero-order chi connectivity index (χ0) is 18.5. The Morgan fingerprint density at radius 3 is 2.31 bits per heavy atom. The molecule has 0 atom stereocenters. The fraction of sp³-hybridized carbons (Fsp3) is 0.429. The van der Waals surface area contributed by atoms with Crippen molar-refractivity contribution in [1.29, 1.82) is 0 Å². The van der Waals surface area contributed by atoms with E-state index < -0.39 is 0 Å². The third-order valence-corrected chi connectivity index (χ3v) is 4.39. The molecular weight excluding hydrogens is 328 g/mol. The van der Waals surface area contributed by atoms with Crippen LogP contribution in [0.25, 0.3) is 0 Å². The Hall–Kier alpha value is -2.56. The first-order chi connectivity index (χ1) is 12.5. The van der Waals surface area contributed by atoms with E-state index in [2.05, 4.69) is 4.98 Å². The van der Waals surface area contributed by atoms with E-state index >= 15 is 0 Å². The van der Waals surface area contributed by atoms with Crippen LogP contribution in [0.2, 0.25) is 0 Å². The maximum absolute atomic E-state index is 12.7. The van der Waals surface area contributed by atoms with E-state index in [4.69, 9.17) is 9.47 Å². The predicted molar refractivity (Wildman–Crippen MR) is 101 cm³/mol. The lowest BCUT2D eigenvalue weighted by atomic mass is 10.1. The largest absolute Gasteiger partial charge is 0.491 e. The average Bonchev–Trinajstić information content (AvgIpc) is 2.64. The van der Waals surface area contributed by atoms with Gasteiger partial charge in [0, 0.05) is 37.2 Å². The molecule has 1 aromatic heterocycles. The summed E-state index contributed by atoms with van der Waals surface area (Å²) in [5.74, 6) is 1.65. The molecule has 0 aliphatic carbocycles. The quantitative estimate of drug-likeness (QED) is 0.818. The van der Waals surface area contributed by atoms with Crippen molar-refractivity contribution in [2.45, 2.75) is 45.8 Å². The summed E-state index contributed by atoms with van der Waals surface area (Å²) in [5, 5.41) is 0. The zero-order valence-corrected chi connectivity index (χ0v) is 15.6. The molecule has 1 aliphatic heterocycles. The first kappa shape index (κ1) is 18.2. The number of amides is 1. The molecule has 1 aliphatic rings. The number of piperidine rings is 1. The maximum Gasteiger partial charge on any atom is 0.253 e. The standard InChI is InChI=1S/C21H26N2O3/c1-15(2)25-18-8-5-17(6-9-18)21(24)23-12-10-19(11-13-23)26-20-7-4-16(3)22-14-20/h4-9,14-15,19H,10-13H2,1-3H3. The fourth-order valence-electron chi connectivity index (χ4n) is 3.02. The molecule has 0 bridgehead atoms. The molecule has 1 saturated heterocycles. The summed E-state index contributed by atoms with van der Waals surface area (Å²) in [6.45, 7) is 7.32. The van der Waals surface area contributed by atoms with Gasteiger partial charge < -0.3 is 14.4 Å². The normalized spacial score (nSPS) is 15.2. The van der Waals surface area contributed by atoms with Gasteiger partial charge in [-0.25, -0.2) is 0 Å². The second-order valence-electron chi connectivity index (χ2n) is 6.94. The van der Waals surface area contributed by atoms with Crippen LogP contribution < -0.4 is 9.47 Å². The van der Waals surface area contributed by atoms with E-state index in [1.807, 2.05) is 62.1 Å². The number of pyridine rings is 1. The number of carbonyl (C=O) groups is 1. The van der Waals surface area contributed by atoms with Crippen LogP contribution in [0.5, 0.6) is 11.5 Å². The van der Waals surface area contributed by atoms with Gasteiger partial charge in [0.1, 0.15) is 17.6 Å². The van der Waals surface area contributed by atoms with Crippen molar-refractivity contribution < 1.29 is 14.3 Å². The second kappa shape index (κ2) is 8.21. The van der Waals surface area contributed by atoms with Crippen molar-refractivity contribution in [3.63, 3.8) is 0 Å². The van der Waals surface area contributed by atoms with Gasteiger partial charge in [-0.05, 0) is 57.2 Å². The summed E-state index contributed by atoms with van der Waals surface area (Å²) in [6.07, 6.45) is 3.67. The molecule has 1 amide bonds. The average molecular weight is 354 g/mol. The van der Waals surface area contributed by atoms with Gasteiger partial charge >= 0.3 is 0 Å². The van der Waals surface area contributed by atoms with Gasteiger partial charge in [-0.3, -0.25) is 9.78 Å². The number of benzene rings is 1. The van der Waals surface area contributed by atoms with Crippen molar-refractivity contribution in [2.24, 2.45) is 0 Å². The third kappa shape index (κ3) is 4.75. The van der Waals surface area contributed by atoms with E-state index in [9.17, 15) is 4.79 Å². The minimum atomic E-state index is 0.0662. The zero-order valence-electron chi connectivity index (χ0n) is 15.6. The number of hydrogen-bond acceptors (Lipinski definition) is 4. The van der Waals surface area contributed by atoms with E-state index in [0.717, 1.165) is 30.0 Å². The van der Waals surface area contributed by atoms with E-state index in [1.165, 1.54) is 0 Å². The second-order valence-corrected chi connectivity index (χ2v) is 6.94. The van der Waals surface area contributed by atoms with Gasteiger partial charge in [-0.1, -0.05) is 0 Å². The van der Waals surface area contributed by atoms with Gasteiger partial charge in [0.15, 0.2) is 0 Å². The lowest BCUT2D eigenvalue weighted by molar-refractivity contribution is 0.0595. The SMILES string of the molecule is Cc1ccc(OC2CCN(C(=O)c3ccc(OC(C)C)cc3)CC2)cn1. The molecule has 2 heterocycles. The summed E-state index contributed by atoms with van der Waals surface area (Å²) < 4.78 is 11.6. The molecule has 1 aromatic carbocycles. The molecule has 1 fully saturated rings. The van der Waals surface area contributed by atoms with Crippen LogP contribution in [-0.4, -0.2) is 41.1 Å². The number of likely N-dealkylation sites (tertiary alicyclic amines) is 1. The number of ether oxygens (including phenoxy) is 2. The van der Waals surface area contributed by atoms with Crippen molar-refractivity contribution in [3.8, 4) is 11.5 Å². The summed E-state index contributed by atoms with van der Waals surface area (Å²) >= 11 is 0. The Morgan fingerprint density at radius 1 is 1.08 bits per heavy atom. The van der Waals surface area contributed by atoms with Gasteiger partial charge in [0.2, 0.25) is 0 Å². The van der Waals surface area contributed by atoms with Crippen LogP contribution >= 0.6 is 0 Å². The molecule has 0 spiro atoms. The van der Waals surface area contributed by atoms with Gasteiger partial charge in [-0.2, -0.15) is 0 Å². The van der Waals surface area contributed by atoms with Crippen LogP contribution in [0.15, 0.2) is 42.6 Å². The van der Waals surface area contributed by atoms with Gasteiger partial charge in [0.05, 0.1) is 12.3 Å². The molecule has 3 rings (SSSR count). The van der Waals surface area contributed by atoms with Crippen molar-refractivity contribution >= 4 is 5.91 Å². The monoisotopic (exact) mass is 354 g/mol. The van der Waals surface area contributed by atoms with Crippen LogP contribution in [-0.2, 0) is 0 Å². The third-order valence-electron chi connectivity index (χ3n) is 4.39. The van der Waals surface area contributed by atoms with E-state index in [-0.39, 0.29) is 18.1 Å². The number of aromatic nitrogens is 1. The highest BCUT2D eigenvalue weighted by molar-refractivity contribution is 5.94. The van der Waals surface area contributed by atoms with Gasteiger partial charge in [0.25, 0.3) is 5.91 Å². The topological polar surface area (TPSA) is 51.7 Å². The highest BCUT2D eigenvalue weighted by Crippen LogP contribution is 2.21. The molecule has 0 N–H and O–H groups in total. The number of nitrogens with zero attached hydrogens (tertiary/aromatic N) is 2. The molecule has 0 saturated carbocycles. The summed E-state index contributed by atoms with van der Waals surface area (Å²) in [5.41, 5.74) is 1.67. The molecule has 0 unspecified atom stereocenters. The summed E-state index contributed by atoms with van der Waals surface area (Å²) in [6, 6.07) is 11.3. The number of carbonyl (C=O) groups excluding carboxylic acids is 1. The first-order valence-electron chi connectivity index (χ1n) is 9.16. The number of hydrogen-bond donors (Lipinski definition) is 0. The molecule has 5 nitrogen and oxygen atoms in total. The van der Waals surface area contributed by atoms with Crippen LogP contribution in [0, 0.1) is 6.92 Å². The highest BCUT2D eigenvalue weighted by Gasteiger charge is 2.24. The van der Waals surface area contributed by atoms with Crippen molar-refractivity contribution in [3.05, 3.63) is 53.9 Å². The molecule has 138 valence electrons. The first-order valence-corrected chi connectivity index (χ1v) is 9.16. The molecule has 5 heteroatoms. The van der Waals surface area contributed by atoms with E-state index in [1.54, 1.807) is 6.20 Å². The number of rotatable bonds is 5. The summed E-state index contributed by atoms with van der Waals surface area (Å²) in [4.78, 5) is 18.8. The minimum absolute atomic E-state index is 0.0662. The van der Waals surface area contributed by atoms with Crippen molar-refractivity contribution in [1.82, 2.24) is 9.88 Å². The molecule has 2 aromatic rings. The fourth-order valence-corrected chi connectivity index (χ4v) is 3.02. The number of aryl methyl sites for hydroxylation is 1. The highest BCUT2D eigenvalue weighted by atomic mass is 16.5. The smallest absolute Gasteiger partial charge is 0.253 e. The van der Waals surface area contributed by atoms with Crippen LogP contribution in [0.4, 0.5) is 0 Å². The lowest BCUT2D eigenvalue weighted by Gasteiger charge is -2.32. The summed E-state index contributed by atoms with van der Waals surface area (Å²) in [7, 11) is 0. The Balaban J connectivity index is 1.52. The van der Waals surface area contributed by atoms with Crippen molar-refractivity contribution in [2.75, 3.05) is 13.1 Å². The Morgan fingerprint density at radius 2 is 1.73 bits per heavy atom. The van der Waals surface area contributed by atoms with Gasteiger partial charge in [-0.15, -0.1) is 0 Å². The van der Waals surface area contributed by atoms with E-state index in [0.29, 0.717) is 18.7 Å². The predicted octanol–water partition coefficient (Wildman–Crippen LogP) is 3.86.